The summed E-state index contributed by atoms with van der Waals surface area (Å²) >= 11 is 6.05. The van der Waals surface area contributed by atoms with Crippen molar-refractivity contribution in [2.75, 3.05) is 10.6 Å². The predicted octanol–water partition coefficient (Wildman–Crippen LogP) is 4.69. The number of hydrogen-bond acceptors (Lipinski definition) is 3. The number of nitrogens with zero attached hydrogens (tertiary/aromatic N) is 1. The van der Waals surface area contributed by atoms with Gasteiger partial charge in [0.15, 0.2) is 0 Å². The minimum Gasteiger partial charge on any atom is -0.321 e. The molecule has 0 radical (unpaired) electrons. The number of anilines is 2. The lowest BCUT2D eigenvalue weighted by Crippen LogP contribution is -2.18. The number of carbonyl (C=O) groups excluding carboxylic acids is 2. The number of rotatable bonds is 4. The molecule has 0 aliphatic heterocycles. The molecule has 7 heteroatoms. The Balaban J connectivity index is 1.75. The van der Waals surface area contributed by atoms with Crippen molar-refractivity contribution in [3.05, 3.63) is 88.5 Å². The van der Waals surface area contributed by atoms with Gasteiger partial charge in [-0.25, -0.2) is 9.37 Å². The number of carbonyl (C=O) groups is 2. The molecule has 0 saturated heterocycles. The third-order valence-electron chi connectivity index (χ3n) is 3.73. The maximum absolute atomic E-state index is 13.2. The summed E-state index contributed by atoms with van der Waals surface area (Å²) in [4.78, 5) is 28.8. The first kappa shape index (κ1) is 18.5. The van der Waals surface area contributed by atoms with Crippen LogP contribution in [-0.4, -0.2) is 16.8 Å². The number of aryl methyl sites for hydroxylation is 1. The number of pyridine rings is 1. The van der Waals surface area contributed by atoms with Crippen LogP contribution in [0.15, 0.2) is 60.7 Å². The van der Waals surface area contributed by atoms with Crippen LogP contribution >= 0.6 is 11.6 Å². The first-order chi connectivity index (χ1) is 12.9. The molecule has 0 unspecified atom stereocenters. The van der Waals surface area contributed by atoms with Crippen LogP contribution in [0.1, 0.15) is 26.5 Å². The summed E-state index contributed by atoms with van der Waals surface area (Å²) in [5.41, 5.74) is 1.81. The third-order valence-corrected chi connectivity index (χ3v) is 4.13. The van der Waals surface area contributed by atoms with Crippen LogP contribution in [0.4, 0.5) is 15.8 Å². The molecule has 0 aliphatic rings. The van der Waals surface area contributed by atoms with Crippen molar-refractivity contribution in [1.82, 2.24) is 4.98 Å². The Kier molecular flexibility index (Phi) is 5.47. The Morgan fingerprint density at radius 3 is 2.07 bits per heavy atom. The van der Waals surface area contributed by atoms with Crippen molar-refractivity contribution < 1.29 is 14.0 Å². The van der Waals surface area contributed by atoms with Crippen LogP contribution in [0.5, 0.6) is 0 Å². The van der Waals surface area contributed by atoms with Crippen molar-refractivity contribution in [3.63, 3.8) is 0 Å². The molecular formula is C20H15ClFN3O2. The van der Waals surface area contributed by atoms with E-state index >= 15 is 0 Å². The van der Waals surface area contributed by atoms with Gasteiger partial charge < -0.3 is 10.6 Å². The second kappa shape index (κ2) is 7.97. The van der Waals surface area contributed by atoms with Crippen molar-refractivity contribution in [3.8, 4) is 0 Å². The van der Waals surface area contributed by atoms with Gasteiger partial charge in [-0.05, 0) is 55.0 Å². The summed E-state index contributed by atoms with van der Waals surface area (Å²) in [5.74, 6) is -1.49. The van der Waals surface area contributed by atoms with Crippen LogP contribution < -0.4 is 10.6 Å². The van der Waals surface area contributed by atoms with Crippen molar-refractivity contribution in [1.29, 1.82) is 0 Å². The standard InChI is InChI=1S/C20H15ClFN3O2/c1-12-8-9-15(11-16(12)21)24-20(27)18-7-3-6-17(25-18)19(26)23-14-5-2-4-13(22)10-14/h2-11H,1H3,(H,23,26)(H,24,27). The van der Waals surface area contributed by atoms with E-state index in [0.29, 0.717) is 16.4 Å². The first-order valence-electron chi connectivity index (χ1n) is 8.04. The Morgan fingerprint density at radius 2 is 1.48 bits per heavy atom. The maximum Gasteiger partial charge on any atom is 0.274 e. The highest BCUT2D eigenvalue weighted by Crippen LogP contribution is 2.20. The number of amides is 2. The van der Waals surface area contributed by atoms with Crippen LogP contribution in [0.2, 0.25) is 5.02 Å². The summed E-state index contributed by atoms with van der Waals surface area (Å²) in [6.45, 7) is 1.86. The predicted molar refractivity (Wildman–Crippen MR) is 103 cm³/mol. The number of hydrogen-bond donors (Lipinski definition) is 2. The number of aromatic nitrogens is 1. The average Bonchev–Trinajstić information content (AvgIpc) is 2.65. The molecule has 0 spiro atoms. The summed E-state index contributed by atoms with van der Waals surface area (Å²) in [6.07, 6.45) is 0. The largest absolute Gasteiger partial charge is 0.321 e. The Hall–Kier alpha value is -3.25. The van der Waals surface area contributed by atoms with E-state index in [2.05, 4.69) is 15.6 Å². The number of benzene rings is 2. The monoisotopic (exact) mass is 383 g/mol. The Bertz CT molecular complexity index is 1020. The second-order valence-corrected chi connectivity index (χ2v) is 6.20. The van der Waals surface area contributed by atoms with Gasteiger partial charge >= 0.3 is 0 Å². The molecular weight excluding hydrogens is 369 g/mol. The zero-order valence-corrected chi connectivity index (χ0v) is 15.0. The zero-order valence-electron chi connectivity index (χ0n) is 14.3. The SMILES string of the molecule is Cc1ccc(NC(=O)c2cccc(C(=O)Nc3cccc(F)c3)n2)cc1Cl. The van der Waals surface area contributed by atoms with E-state index in [-0.39, 0.29) is 11.4 Å². The van der Waals surface area contributed by atoms with Gasteiger partial charge in [0.25, 0.3) is 11.8 Å². The molecule has 2 aromatic carbocycles. The Morgan fingerprint density at radius 1 is 0.889 bits per heavy atom. The lowest BCUT2D eigenvalue weighted by Gasteiger charge is -2.08. The van der Waals surface area contributed by atoms with E-state index in [9.17, 15) is 14.0 Å². The van der Waals surface area contributed by atoms with Crippen LogP contribution in [-0.2, 0) is 0 Å². The van der Waals surface area contributed by atoms with E-state index in [1.54, 1.807) is 30.3 Å². The van der Waals surface area contributed by atoms with Crippen LogP contribution in [0.3, 0.4) is 0 Å². The van der Waals surface area contributed by atoms with Gasteiger partial charge in [0.05, 0.1) is 0 Å². The van der Waals surface area contributed by atoms with E-state index in [0.717, 1.165) is 5.56 Å². The number of halogens is 2. The van der Waals surface area contributed by atoms with Gasteiger partial charge in [0.1, 0.15) is 17.2 Å². The van der Waals surface area contributed by atoms with Crippen molar-refractivity contribution >= 4 is 34.8 Å². The van der Waals surface area contributed by atoms with E-state index < -0.39 is 17.6 Å². The van der Waals surface area contributed by atoms with Gasteiger partial charge in [-0.3, -0.25) is 9.59 Å². The van der Waals surface area contributed by atoms with Gasteiger partial charge in [0.2, 0.25) is 0 Å². The summed E-state index contributed by atoms with van der Waals surface area (Å²) in [6, 6.07) is 15.1. The van der Waals surface area contributed by atoms with E-state index in [1.165, 1.54) is 30.3 Å². The molecule has 0 saturated carbocycles. The number of nitrogens with one attached hydrogen (secondary N) is 2. The normalized spacial score (nSPS) is 10.3. The fourth-order valence-electron chi connectivity index (χ4n) is 2.31. The molecule has 0 aliphatic carbocycles. The topological polar surface area (TPSA) is 71.1 Å². The molecule has 0 atom stereocenters. The molecule has 2 amide bonds. The summed E-state index contributed by atoms with van der Waals surface area (Å²) in [5, 5.41) is 5.75. The van der Waals surface area contributed by atoms with Gasteiger partial charge in [-0.15, -0.1) is 0 Å². The fourth-order valence-corrected chi connectivity index (χ4v) is 2.50. The fraction of sp³-hybridized carbons (Fsp3) is 0.0500. The molecule has 27 heavy (non-hydrogen) atoms. The molecule has 5 nitrogen and oxygen atoms in total. The van der Waals surface area contributed by atoms with Gasteiger partial charge in [-0.1, -0.05) is 29.8 Å². The highest BCUT2D eigenvalue weighted by Gasteiger charge is 2.13. The average molecular weight is 384 g/mol. The van der Waals surface area contributed by atoms with Crippen LogP contribution in [0, 0.1) is 12.7 Å². The molecule has 0 bridgehead atoms. The van der Waals surface area contributed by atoms with Crippen molar-refractivity contribution in [2.24, 2.45) is 0 Å². The molecule has 1 heterocycles. The lowest BCUT2D eigenvalue weighted by molar-refractivity contribution is 0.101. The summed E-state index contributed by atoms with van der Waals surface area (Å²) < 4.78 is 13.2. The van der Waals surface area contributed by atoms with Gasteiger partial charge in [0, 0.05) is 16.4 Å². The molecule has 3 aromatic rings. The molecule has 0 fully saturated rings. The van der Waals surface area contributed by atoms with E-state index in [4.69, 9.17) is 11.6 Å². The molecule has 3 rings (SSSR count). The highest BCUT2D eigenvalue weighted by molar-refractivity contribution is 6.31. The molecule has 1 aromatic heterocycles. The van der Waals surface area contributed by atoms with Crippen molar-refractivity contribution in [2.45, 2.75) is 6.92 Å². The van der Waals surface area contributed by atoms with Gasteiger partial charge in [-0.2, -0.15) is 0 Å². The quantitative estimate of drug-likeness (QED) is 0.686. The minimum absolute atomic E-state index is 0.0360. The maximum atomic E-state index is 13.2. The smallest absolute Gasteiger partial charge is 0.274 e. The minimum atomic E-state index is -0.548. The lowest BCUT2D eigenvalue weighted by atomic mass is 10.2. The Labute approximate surface area is 160 Å². The molecule has 136 valence electrons. The molecule has 2 N–H and O–H groups in total. The van der Waals surface area contributed by atoms with E-state index in [1.807, 2.05) is 6.92 Å². The summed E-state index contributed by atoms with van der Waals surface area (Å²) in [7, 11) is 0. The second-order valence-electron chi connectivity index (χ2n) is 5.79. The highest BCUT2D eigenvalue weighted by atomic mass is 35.5. The zero-order chi connectivity index (χ0) is 19.4. The first-order valence-corrected chi connectivity index (χ1v) is 8.41. The van der Waals surface area contributed by atoms with Crippen LogP contribution in [0.25, 0.3) is 0 Å². The third kappa shape index (κ3) is 4.68.